The number of hydrogen-bond donors (Lipinski definition) is 3. The van der Waals surface area contributed by atoms with Gasteiger partial charge in [-0.15, -0.1) is 0 Å². The average molecular weight is 228 g/mol. The molecule has 3 N–H and O–H groups in total. The zero-order valence-corrected chi connectivity index (χ0v) is 9.66. The van der Waals surface area contributed by atoms with Crippen LogP contribution < -0.4 is 10.6 Å². The van der Waals surface area contributed by atoms with Crippen LogP contribution in [0.1, 0.15) is 25.7 Å². The van der Waals surface area contributed by atoms with Crippen LogP contribution in [0.25, 0.3) is 0 Å². The van der Waals surface area contributed by atoms with Gasteiger partial charge in [-0.05, 0) is 19.3 Å². The lowest BCUT2D eigenvalue weighted by Crippen LogP contribution is -2.70. The quantitative estimate of drug-likeness (QED) is 0.616. The van der Waals surface area contributed by atoms with Crippen molar-refractivity contribution in [3.63, 3.8) is 0 Å². The third-order valence-corrected chi connectivity index (χ3v) is 3.64. The van der Waals surface area contributed by atoms with Gasteiger partial charge in [-0.3, -0.25) is 4.79 Å². The summed E-state index contributed by atoms with van der Waals surface area (Å²) >= 11 is 0. The Morgan fingerprint density at radius 2 is 2.31 bits per heavy atom. The Hall–Kier alpha value is -0.650. The number of nitrogens with one attached hydrogen (secondary N) is 2. The number of ether oxygens (including phenoxy) is 1. The lowest BCUT2D eigenvalue weighted by molar-refractivity contribution is -0.139. The number of methoxy groups -OCH3 is 1. The van der Waals surface area contributed by atoms with Crippen molar-refractivity contribution in [3.05, 3.63) is 0 Å². The number of rotatable bonds is 5. The van der Waals surface area contributed by atoms with Crippen molar-refractivity contribution in [3.8, 4) is 0 Å². The standard InChI is InChI=1S/C11H20N2O3/c1-16-9-3-2-8(4-9)13-11(5-10(14)15)6-12-7-11/h8-9,12-13H,2-7H2,1H3,(H,14,15). The predicted molar refractivity (Wildman–Crippen MR) is 59.4 cm³/mol. The van der Waals surface area contributed by atoms with Gasteiger partial charge in [0, 0.05) is 26.2 Å². The van der Waals surface area contributed by atoms with Crippen LogP contribution in [0.15, 0.2) is 0 Å². The highest BCUT2D eigenvalue weighted by molar-refractivity contribution is 5.68. The Balaban J connectivity index is 1.85. The molecular weight excluding hydrogens is 208 g/mol. The molecule has 0 aromatic rings. The van der Waals surface area contributed by atoms with Gasteiger partial charge in [0.15, 0.2) is 0 Å². The molecule has 0 bridgehead atoms. The molecule has 0 aromatic carbocycles. The average Bonchev–Trinajstić information content (AvgIpc) is 2.61. The smallest absolute Gasteiger partial charge is 0.305 e. The van der Waals surface area contributed by atoms with E-state index in [1.807, 2.05) is 0 Å². The maximum atomic E-state index is 10.8. The molecule has 0 spiro atoms. The molecule has 1 heterocycles. The molecular formula is C11H20N2O3. The van der Waals surface area contributed by atoms with Gasteiger partial charge in [0.25, 0.3) is 0 Å². The van der Waals surface area contributed by atoms with Gasteiger partial charge in [-0.25, -0.2) is 0 Å². The number of carbonyl (C=O) groups is 1. The van der Waals surface area contributed by atoms with Crippen molar-refractivity contribution in [1.29, 1.82) is 0 Å². The molecule has 1 aliphatic heterocycles. The van der Waals surface area contributed by atoms with Gasteiger partial charge in [0.05, 0.1) is 18.1 Å². The molecule has 92 valence electrons. The second-order valence-corrected chi connectivity index (χ2v) is 4.97. The Labute approximate surface area is 95.5 Å². The van der Waals surface area contributed by atoms with Crippen molar-refractivity contribution in [2.24, 2.45) is 0 Å². The first-order chi connectivity index (χ1) is 7.63. The molecule has 0 radical (unpaired) electrons. The zero-order valence-electron chi connectivity index (χ0n) is 9.66. The van der Waals surface area contributed by atoms with Crippen LogP contribution in [0.4, 0.5) is 0 Å². The lowest BCUT2D eigenvalue weighted by Gasteiger charge is -2.44. The first-order valence-electron chi connectivity index (χ1n) is 5.86. The maximum Gasteiger partial charge on any atom is 0.305 e. The predicted octanol–water partition coefficient (Wildman–Crippen LogP) is -0.0398. The number of carboxylic acids is 1. The number of carboxylic acid groups (broad SMARTS) is 1. The molecule has 1 saturated heterocycles. The largest absolute Gasteiger partial charge is 0.481 e. The minimum atomic E-state index is -0.727. The number of hydrogen-bond acceptors (Lipinski definition) is 4. The highest BCUT2D eigenvalue weighted by Gasteiger charge is 2.41. The molecule has 0 aromatic heterocycles. The minimum Gasteiger partial charge on any atom is -0.481 e. The fraction of sp³-hybridized carbons (Fsp3) is 0.909. The van der Waals surface area contributed by atoms with Crippen LogP contribution in [0.5, 0.6) is 0 Å². The van der Waals surface area contributed by atoms with Crippen LogP contribution in [0.3, 0.4) is 0 Å². The highest BCUT2D eigenvalue weighted by Crippen LogP contribution is 2.26. The molecule has 2 atom stereocenters. The summed E-state index contributed by atoms with van der Waals surface area (Å²) in [4.78, 5) is 10.8. The van der Waals surface area contributed by atoms with Gasteiger partial charge in [-0.1, -0.05) is 0 Å². The molecule has 2 aliphatic rings. The van der Waals surface area contributed by atoms with E-state index in [0.717, 1.165) is 32.4 Å². The van der Waals surface area contributed by atoms with E-state index in [1.165, 1.54) is 0 Å². The maximum absolute atomic E-state index is 10.8. The summed E-state index contributed by atoms with van der Waals surface area (Å²) in [5.41, 5.74) is -0.223. The van der Waals surface area contributed by atoms with Crippen LogP contribution in [0, 0.1) is 0 Å². The normalized spacial score (nSPS) is 32.3. The summed E-state index contributed by atoms with van der Waals surface area (Å²) in [6, 6.07) is 0.409. The summed E-state index contributed by atoms with van der Waals surface area (Å²) in [5, 5.41) is 15.5. The highest BCUT2D eigenvalue weighted by atomic mass is 16.5. The zero-order chi connectivity index (χ0) is 11.6. The van der Waals surface area contributed by atoms with E-state index in [9.17, 15) is 4.79 Å². The first kappa shape index (κ1) is 11.8. The minimum absolute atomic E-state index is 0.203. The van der Waals surface area contributed by atoms with Gasteiger partial charge < -0.3 is 20.5 Å². The van der Waals surface area contributed by atoms with E-state index in [2.05, 4.69) is 10.6 Å². The lowest BCUT2D eigenvalue weighted by atomic mass is 9.87. The van der Waals surface area contributed by atoms with Gasteiger partial charge >= 0.3 is 5.97 Å². The monoisotopic (exact) mass is 228 g/mol. The van der Waals surface area contributed by atoms with E-state index in [0.29, 0.717) is 12.1 Å². The Bertz CT molecular complexity index is 266. The summed E-state index contributed by atoms with van der Waals surface area (Å²) in [7, 11) is 1.74. The third-order valence-electron chi connectivity index (χ3n) is 3.64. The van der Waals surface area contributed by atoms with Gasteiger partial charge in [0.2, 0.25) is 0 Å². The molecule has 0 amide bonds. The fourth-order valence-electron chi connectivity index (χ4n) is 2.71. The molecule has 1 aliphatic carbocycles. The Kier molecular flexibility index (Phi) is 3.47. The SMILES string of the molecule is COC1CCC(NC2(CC(=O)O)CNC2)C1. The first-order valence-corrected chi connectivity index (χ1v) is 5.86. The second-order valence-electron chi connectivity index (χ2n) is 4.97. The topological polar surface area (TPSA) is 70.6 Å². The van der Waals surface area contributed by atoms with Crippen LogP contribution in [0.2, 0.25) is 0 Å². The van der Waals surface area contributed by atoms with E-state index in [4.69, 9.17) is 9.84 Å². The molecule has 16 heavy (non-hydrogen) atoms. The van der Waals surface area contributed by atoms with Gasteiger partial charge in [0.1, 0.15) is 0 Å². The Morgan fingerprint density at radius 3 is 2.75 bits per heavy atom. The van der Waals surface area contributed by atoms with Crippen molar-refractivity contribution in [2.75, 3.05) is 20.2 Å². The summed E-state index contributed by atoms with van der Waals surface area (Å²) in [6.45, 7) is 1.51. The Morgan fingerprint density at radius 1 is 1.56 bits per heavy atom. The molecule has 1 saturated carbocycles. The van der Waals surface area contributed by atoms with E-state index in [-0.39, 0.29) is 12.0 Å². The van der Waals surface area contributed by atoms with E-state index in [1.54, 1.807) is 7.11 Å². The third kappa shape index (κ3) is 2.53. The van der Waals surface area contributed by atoms with Crippen molar-refractivity contribution in [1.82, 2.24) is 10.6 Å². The molecule has 2 unspecified atom stereocenters. The molecule has 5 heteroatoms. The van der Waals surface area contributed by atoms with Crippen LogP contribution in [-0.4, -0.2) is 49.0 Å². The van der Waals surface area contributed by atoms with Gasteiger partial charge in [-0.2, -0.15) is 0 Å². The van der Waals surface area contributed by atoms with Crippen molar-refractivity contribution in [2.45, 2.75) is 43.4 Å². The fourth-order valence-corrected chi connectivity index (χ4v) is 2.71. The summed E-state index contributed by atoms with van der Waals surface area (Å²) in [6.07, 6.45) is 3.70. The summed E-state index contributed by atoms with van der Waals surface area (Å²) in [5.74, 6) is -0.727. The second kappa shape index (κ2) is 4.69. The van der Waals surface area contributed by atoms with Crippen molar-refractivity contribution >= 4 is 5.97 Å². The number of aliphatic carboxylic acids is 1. The summed E-state index contributed by atoms with van der Waals surface area (Å²) < 4.78 is 5.32. The molecule has 5 nitrogen and oxygen atoms in total. The van der Waals surface area contributed by atoms with E-state index < -0.39 is 5.97 Å². The van der Waals surface area contributed by atoms with Crippen LogP contribution >= 0.6 is 0 Å². The molecule has 2 rings (SSSR count). The van der Waals surface area contributed by atoms with Crippen LogP contribution in [-0.2, 0) is 9.53 Å². The van der Waals surface area contributed by atoms with E-state index >= 15 is 0 Å². The molecule has 2 fully saturated rings. The van der Waals surface area contributed by atoms with Crippen molar-refractivity contribution < 1.29 is 14.6 Å².